The van der Waals surface area contributed by atoms with Crippen molar-refractivity contribution in [1.82, 2.24) is 9.62 Å². The van der Waals surface area contributed by atoms with E-state index in [9.17, 15) is 9.59 Å². The first-order valence-corrected chi connectivity index (χ1v) is 9.43. The van der Waals surface area contributed by atoms with Crippen molar-refractivity contribution in [2.45, 2.75) is 36.6 Å². The molecule has 1 saturated carbocycles. The van der Waals surface area contributed by atoms with E-state index in [1.165, 1.54) is 18.4 Å². The number of carbonyl (C=O) groups excluding carboxylic acids is 2. The predicted octanol–water partition coefficient (Wildman–Crippen LogP) is 1.83. The van der Waals surface area contributed by atoms with E-state index in [2.05, 4.69) is 34.6 Å². The van der Waals surface area contributed by atoms with Crippen LogP contribution in [-0.4, -0.2) is 56.1 Å². The summed E-state index contributed by atoms with van der Waals surface area (Å²) in [5.74, 6) is 0.0802. The summed E-state index contributed by atoms with van der Waals surface area (Å²) in [7, 11) is 1.86. The van der Waals surface area contributed by atoms with Gasteiger partial charge in [-0.1, -0.05) is 6.07 Å². The minimum absolute atomic E-state index is 0.0802. The van der Waals surface area contributed by atoms with E-state index in [1.54, 1.807) is 11.9 Å². The fourth-order valence-corrected chi connectivity index (χ4v) is 3.68. The Hall–Kier alpha value is -1.57. The lowest BCUT2D eigenvalue weighted by Crippen LogP contribution is -2.39. The molecule has 1 N–H and O–H groups in total. The normalized spacial score (nSPS) is 17.5. The first-order valence-electron chi connectivity index (χ1n) is 8.62. The summed E-state index contributed by atoms with van der Waals surface area (Å²) >= 11 is 1.65. The zero-order valence-electron chi connectivity index (χ0n) is 14.8. The van der Waals surface area contributed by atoms with E-state index < -0.39 is 0 Å². The fourth-order valence-electron chi connectivity index (χ4n) is 2.81. The molecule has 0 bridgehead atoms. The average Bonchev–Trinajstić information content (AvgIpc) is 3.18. The summed E-state index contributed by atoms with van der Waals surface area (Å²) in [6.45, 7) is 4.55. The average molecular weight is 363 g/mol. The van der Waals surface area contributed by atoms with Gasteiger partial charge in [0.25, 0.3) is 6.47 Å². The van der Waals surface area contributed by atoms with Gasteiger partial charge in [-0.2, -0.15) is 0 Å². The number of amides is 1. The van der Waals surface area contributed by atoms with Crippen molar-refractivity contribution in [3.63, 3.8) is 0 Å². The maximum Gasteiger partial charge on any atom is 0.293 e. The highest BCUT2D eigenvalue weighted by Gasteiger charge is 2.37. The molecule has 7 heteroatoms. The number of benzene rings is 1. The molecule has 2 aliphatic rings. The molecule has 0 spiro atoms. The number of carbonyl (C=O) groups is 2. The molecular formula is C18H25N3O3S. The van der Waals surface area contributed by atoms with Gasteiger partial charge in [0, 0.05) is 29.2 Å². The summed E-state index contributed by atoms with van der Waals surface area (Å²) in [5, 5.41) is 0. The third-order valence-corrected chi connectivity index (χ3v) is 5.82. The number of anilines is 1. The van der Waals surface area contributed by atoms with Crippen LogP contribution in [0.4, 0.5) is 5.69 Å². The van der Waals surface area contributed by atoms with Crippen LogP contribution in [-0.2, 0) is 20.7 Å². The Morgan fingerprint density at radius 3 is 3.00 bits per heavy atom. The summed E-state index contributed by atoms with van der Waals surface area (Å²) in [6.07, 6.45) is 3.33. The van der Waals surface area contributed by atoms with Crippen molar-refractivity contribution < 1.29 is 14.3 Å². The van der Waals surface area contributed by atoms with Gasteiger partial charge >= 0.3 is 0 Å². The van der Waals surface area contributed by atoms with Crippen molar-refractivity contribution >= 4 is 30.0 Å². The van der Waals surface area contributed by atoms with Crippen molar-refractivity contribution in [1.29, 1.82) is 0 Å². The number of nitrogens with zero attached hydrogens (tertiary/aromatic N) is 2. The second-order valence-corrected chi connectivity index (χ2v) is 7.94. The maximum atomic E-state index is 12.6. The van der Waals surface area contributed by atoms with Crippen LogP contribution in [0.1, 0.15) is 25.3 Å². The molecule has 1 aromatic rings. The molecule has 1 aliphatic carbocycles. The number of likely N-dealkylation sites (N-methyl/N-ethyl adjacent to an activating group) is 1. The molecule has 136 valence electrons. The van der Waals surface area contributed by atoms with E-state index in [4.69, 9.17) is 0 Å². The van der Waals surface area contributed by atoms with E-state index in [0.717, 1.165) is 23.5 Å². The van der Waals surface area contributed by atoms with Crippen LogP contribution in [0.2, 0.25) is 0 Å². The lowest BCUT2D eigenvalue weighted by molar-refractivity contribution is -0.129. The second kappa shape index (κ2) is 7.76. The lowest BCUT2D eigenvalue weighted by Gasteiger charge is -2.22. The number of rotatable bonds is 9. The molecule has 3 rings (SSSR count). The number of hydrogen-bond donors (Lipinski definition) is 1. The predicted molar refractivity (Wildman–Crippen MR) is 98.6 cm³/mol. The molecule has 0 saturated heterocycles. The fraction of sp³-hybridized carbons (Fsp3) is 0.556. The zero-order valence-corrected chi connectivity index (χ0v) is 15.6. The first-order chi connectivity index (χ1) is 12.0. The van der Waals surface area contributed by atoms with Gasteiger partial charge in [0.15, 0.2) is 0 Å². The van der Waals surface area contributed by atoms with Gasteiger partial charge in [-0.25, -0.2) is 0 Å². The van der Waals surface area contributed by atoms with Crippen LogP contribution in [0, 0.1) is 0 Å². The van der Waals surface area contributed by atoms with Gasteiger partial charge in [0.2, 0.25) is 5.91 Å². The van der Waals surface area contributed by atoms with Gasteiger partial charge in [-0.3, -0.25) is 19.2 Å². The lowest BCUT2D eigenvalue weighted by atomic mass is 10.2. The number of ether oxygens (including phenoxy) is 1. The Morgan fingerprint density at radius 2 is 2.28 bits per heavy atom. The number of nitrogens with one attached hydrogen (secondary N) is 1. The Labute approximate surface area is 153 Å². The van der Waals surface area contributed by atoms with Gasteiger partial charge in [-0.05, 0) is 62.9 Å². The zero-order chi connectivity index (χ0) is 17.9. The third kappa shape index (κ3) is 4.74. The molecular weight excluding hydrogens is 338 g/mol. The van der Waals surface area contributed by atoms with Gasteiger partial charge < -0.3 is 9.64 Å². The van der Waals surface area contributed by atoms with Crippen molar-refractivity contribution in [3.8, 4) is 0 Å². The smallest absolute Gasteiger partial charge is 0.293 e. The quantitative estimate of drug-likeness (QED) is 0.410. The van der Waals surface area contributed by atoms with Crippen molar-refractivity contribution in [3.05, 3.63) is 23.8 Å². The molecule has 1 fully saturated rings. The molecule has 0 aromatic heterocycles. The third-order valence-electron chi connectivity index (χ3n) is 4.73. The van der Waals surface area contributed by atoms with Crippen LogP contribution in [0.5, 0.6) is 0 Å². The maximum absolute atomic E-state index is 12.6. The highest BCUT2D eigenvalue weighted by atomic mass is 32.2. The summed E-state index contributed by atoms with van der Waals surface area (Å²) < 4.78 is 8.19. The van der Waals surface area contributed by atoms with Crippen LogP contribution in [0.15, 0.2) is 23.1 Å². The summed E-state index contributed by atoms with van der Waals surface area (Å²) in [5.41, 5.74) is 2.52. The molecule has 1 heterocycles. The Balaban J connectivity index is 1.59. The van der Waals surface area contributed by atoms with Crippen molar-refractivity contribution in [2.75, 3.05) is 38.2 Å². The van der Waals surface area contributed by atoms with Crippen LogP contribution < -0.4 is 9.62 Å². The molecule has 6 nitrogen and oxygen atoms in total. The van der Waals surface area contributed by atoms with Gasteiger partial charge in [0.05, 0.1) is 6.54 Å². The molecule has 0 unspecified atom stereocenters. The van der Waals surface area contributed by atoms with Gasteiger partial charge in [-0.15, -0.1) is 0 Å². The molecule has 0 atom stereocenters. The molecule has 0 radical (unpaired) electrons. The Morgan fingerprint density at radius 1 is 1.48 bits per heavy atom. The highest BCUT2D eigenvalue weighted by molar-refractivity contribution is 7.97. The van der Waals surface area contributed by atoms with Crippen LogP contribution in [0.3, 0.4) is 0 Å². The molecule has 25 heavy (non-hydrogen) atoms. The molecule has 1 amide bonds. The topological polar surface area (TPSA) is 61.9 Å². The Kier molecular flexibility index (Phi) is 5.66. The first kappa shape index (κ1) is 18.2. The Bertz CT molecular complexity index is 648. The largest absolute Gasteiger partial charge is 0.467 e. The molecule has 1 aromatic carbocycles. The number of hydrogen-bond acceptors (Lipinski definition) is 6. The van der Waals surface area contributed by atoms with E-state index >= 15 is 0 Å². The minimum Gasteiger partial charge on any atom is -0.467 e. The number of fused-ring (bicyclic) bond motifs is 1. The van der Waals surface area contributed by atoms with E-state index in [-0.39, 0.29) is 11.4 Å². The molecule has 1 aliphatic heterocycles. The second-order valence-electron chi connectivity index (χ2n) is 7.06. The van der Waals surface area contributed by atoms with Crippen LogP contribution >= 0.6 is 11.9 Å². The standard InChI is InChI=1S/C18H25N3O3S/c1-18(6-7-18)19-25-15-4-3-14-5-8-21(16(14)11-15)17(23)12-20(2)9-10-24-13-22/h3-4,11,13,19H,5-10,12H2,1-2H3. The summed E-state index contributed by atoms with van der Waals surface area (Å²) in [4.78, 5) is 27.7. The summed E-state index contributed by atoms with van der Waals surface area (Å²) in [6, 6.07) is 6.36. The minimum atomic E-state index is 0.0802. The van der Waals surface area contributed by atoms with Crippen molar-refractivity contribution in [2.24, 2.45) is 0 Å². The van der Waals surface area contributed by atoms with E-state index in [0.29, 0.717) is 26.2 Å². The van der Waals surface area contributed by atoms with Gasteiger partial charge in [0.1, 0.15) is 6.61 Å². The monoisotopic (exact) mass is 363 g/mol. The highest BCUT2D eigenvalue weighted by Crippen LogP contribution is 2.39. The van der Waals surface area contributed by atoms with Crippen LogP contribution in [0.25, 0.3) is 0 Å². The van der Waals surface area contributed by atoms with E-state index in [1.807, 2.05) is 16.8 Å². The SMILES string of the molecule is CN(CCOC=O)CC(=O)N1CCc2ccc(SNC3(C)CC3)cc21.